The van der Waals surface area contributed by atoms with Crippen LogP contribution in [0, 0.1) is 41.4 Å². The summed E-state index contributed by atoms with van der Waals surface area (Å²) in [6.07, 6.45) is 7.26. The smallest absolute Gasteiger partial charge is 0.0383 e. The summed E-state index contributed by atoms with van der Waals surface area (Å²) < 4.78 is 0. The Morgan fingerprint density at radius 1 is 1.00 bits per heavy atom. The second-order valence-electron chi connectivity index (χ2n) is 8.02. The van der Waals surface area contributed by atoms with E-state index in [-0.39, 0.29) is 0 Å². The van der Waals surface area contributed by atoms with Gasteiger partial charge in [0.25, 0.3) is 0 Å². The molecular weight excluding hydrogens is 228 g/mol. The van der Waals surface area contributed by atoms with Crippen LogP contribution in [0.3, 0.4) is 0 Å². The van der Waals surface area contributed by atoms with Crippen LogP contribution in [0.25, 0.3) is 0 Å². The van der Waals surface area contributed by atoms with Gasteiger partial charge in [-0.05, 0) is 60.7 Å². The summed E-state index contributed by atoms with van der Waals surface area (Å²) >= 11 is 0. The van der Waals surface area contributed by atoms with Crippen molar-refractivity contribution in [3.63, 3.8) is 0 Å². The van der Waals surface area contributed by atoms with Crippen molar-refractivity contribution in [1.82, 2.24) is 0 Å². The first-order valence-corrected chi connectivity index (χ1v) is 8.86. The van der Waals surface area contributed by atoms with Gasteiger partial charge in [-0.2, -0.15) is 0 Å². The molecule has 1 rings (SSSR count). The first-order chi connectivity index (χ1) is 8.86. The van der Waals surface area contributed by atoms with Crippen molar-refractivity contribution in [3.8, 4) is 0 Å². The average Bonchev–Trinajstić information content (AvgIpc) is 2.80. The molecule has 0 spiro atoms. The van der Waals surface area contributed by atoms with Crippen LogP contribution < -0.4 is 0 Å². The third kappa shape index (κ3) is 4.80. The van der Waals surface area contributed by atoms with Gasteiger partial charge in [0.2, 0.25) is 0 Å². The predicted molar refractivity (Wildman–Crippen MR) is 87.2 cm³/mol. The van der Waals surface area contributed by atoms with E-state index in [1.807, 2.05) is 0 Å². The molecule has 0 radical (unpaired) electrons. The minimum Gasteiger partial charge on any atom is -0.0651 e. The van der Waals surface area contributed by atoms with Gasteiger partial charge in [-0.3, -0.25) is 0 Å². The quantitative estimate of drug-likeness (QED) is 0.500. The first-order valence-electron chi connectivity index (χ1n) is 8.86. The lowest BCUT2D eigenvalue weighted by Crippen LogP contribution is -2.24. The van der Waals surface area contributed by atoms with Crippen molar-refractivity contribution in [2.75, 3.05) is 0 Å². The molecule has 19 heavy (non-hydrogen) atoms. The topological polar surface area (TPSA) is 0 Å². The number of rotatable bonds is 7. The van der Waals surface area contributed by atoms with Gasteiger partial charge in [0.1, 0.15) is 0 Å². The Morgan fingerprint density at radius 2 is 1.63 bits per heavy atom. The van der Waals surface area contributed by atoms with Crippen molar-refractivity contribution in [3.05, 3.63) is 0 Å². The molecule has 0 aromatic heterocycles. The molecule has 0 aliphatic heterocycles. The van der Waals surface area contributed by atoms with Crippen molar-refractivity contribution in [2.24, 2.45) is 41.4 Å². The van der Waals surface area contributed by atoms with E-state index in [0.29, 0.717) is 0 Å². The van der Waals surface area contributed by atoms with Gasteiger partial charge < -0.3 is 0 Å². The molecule has 0 aromatic carbocycles. The molecular formula is C19H38. The highest BCUT2D eigenvalue weighted by Gasteiger charge is 2.31. The van der Waals surface area contributed by atoms with Crippen LogP contribution in [0.5, 0.6) is 0 Å². The van der Waals surface area contributed by atoms with Gasteiger partial charge in [0.15, 0.2) is 0 Å². The second kappa shape index (κ2) is 7.70. The molecule has 1 saturated carbocycles. The van der Waals surface area contributed by atoms with E-state index < -0.39 is 0 Å². The van der Waals surface area contributed by atoms with Gasteiger partial charge in [0, 0.05) is 0 Å². The molecule has 0 bridgehead atoms. The fourth-order valence-electron chi connectivity index (χ4n) is 4.18. The summed E-state index contributed by atoms with van der Waals surface area (Å²) in [6, 6.07) is 0. The molecule has 6 atom stereocenters. The summed E-state index contributed by atoms with van der Waals surface area (Å²) in [5, 5.41) is 0. The van der Waals surface area contributed by atoms with E-state index in [4.69, 9.17) is 0 Å². The van der Waals surface area contributed by atoms with Gasteiger partial charge >= 0.3 is 0 Å². The Kier molecular flexibility index (Phi) is 6.91. The summed E-state index contributed by atoms with van der Waals surface area (Å²) in [4.78, 5) is 0. The first kappa shape index (κ1) is 17.1. The standard InChI is InChI=1S/C19H38/c1-8-18(16(6)13(2)3)12-15(5)17(7)19-10-9-14(4)11-19/h13-19H,8-12H2,1-7H3. The zero-order valence-corrected chi connectivity index (χ0v) is 14.6. The fourth-order valence-corrected chi connectivity index (χ4v) is 4.18. The lowest BCUT2D eigenvalue weighted by Gasteiger charge is -2.33. The van der Waals surface area contributed by atoms with Crippen molar-refractivity contribution < 1.29 is 0 Å². The molecule has 1 fully saturated rings. The van der Waals surface area contributed by atoms with Crippen LogP contribution >= 0.6 is 0 Å². The average molecular weight is 267 g/mol. The van der Waals surface area contributed by atoms with Crippen LogP contribution in [0.15, 0.2) is 0 Å². The van der Waals surface area contributed by atoms with Gasteiger partial charge in [0.05, 0.1) is 0 Å². The summed E-state index contributed by atoms with van der Waals surface area (Å²) in [5.74, 6) is 6.46. The van der Waals surface area contributed by atoms with E-state index in [2.05, 4.69) is 48.5 Å². The Labute approximate surface area is 122 Å². The molecule has 6 unspecified atom stereocenters. The Hall–Kier alpha value is 0. The molecule has 1 aliphatic rings. The number of hydrogen-bond acceptors (Lipinski definition) is 0. The normalized spacial score (nSPS) is 30.3. The minimum absolute atomic E-state index is 0.832. The monoisotopic (exact) mass is 266 g/mol. The number of hydrogen-bond donors (Lipinski definition) is 0. The van der Waals surface area contributed by atoms with Crippen LogP contribution in [0.2, 0.25) is 0 Å². The molecule has 1 aliphatic carbocycles. The lowest BCUT2D eigenvalue weighted by atomic mass is 9.73. The maximum absolute atomic E-state index is 2.53. The molecule has 0 nitrogen and oxygen atoms in total. The highest BCUT2D eigenvalue weighted by Crippen LogP contribution is 2.41. The molecule has 0 heterocycles. The van der Waals surface area contributed by atoms with Gasteiger partial charge in [-0.1, -0.05) is 61.3 Å². The third-order valence-corrected chi connectivity index (χ3v) is 6.37. The fraction of sp³-hybridized carbons (Fsp3) is 1.00. The minimum atomic E-state index is 0.832. The van der Waals surface area contributed by atoms with Crippen molar-refractivity contribution in [1.29, 1.82) is 0 Å². The van der Waals surface area contributed by atoms with Crippen molar-refractivity contribution in [2.45, 2.75) is 80.6 Å². The predicted octanol–water partition coefficient (Wildman–Crippen LogP) is 6.40. The van der Waals surface area contributed by atoms with E-state index in [0.717, 1.165) is 41.4 Å². The molecule has 0 aromatic rings. The van der Waals surface area contributed by atoms with Crippen molar-refractivity contribution >= 4 is 0 Å². The van der Waals surface area contributed by atoms with E-state index in [9.17, 15) is 0 Å². The third-order valence-electron chi connectivity index (χ3n) is 6.37. The largest absolute Gasteiger partial charge is 0.0651 e. The molecule has 0 heteroatoms. The SMILES string of the molecule is CCC(CC(C)C(C)C1CCC(C)C1)C(C)C(C)C. The van der Waals surface area contributed by atoms with E-state index >= 15 is 0 Å². The van der Waals surface area contributed by atoms with E-state index in [1.165, 1.54) is 32.1 Å². The molecule has 0 N–H and O–H groups in total. The van der Waals surface area contributed by atoms with E-state index in [1.54, 1.807) is 0 Å². The van der Waals surface area contributed by atoms with Crippen LogP contribution in [-0.4, -0.2) is 0 Å². The highest BCUT2D eigenvalue weighted by atomic mass is 14.4. The van der Waals surface area contributed by atoms with Crippen LogP contribution in [0.4, 0.5) is 0 Å². The van der Waals surface area contributed by atoms with Gasteiger partial charge in [-0.15, -0.1) is 0 Å². The molecule has 114 valence electrons. The zero-order chi connectivity index (χ0) is 14.6. The molecule has 0 saturated heterocycles. The zero-order valence-electron chi connectivity index (χ0n) is 14.6. The summed E-state index contributed by atoms with van der Waals surface area (Å²) in [5.41, 5.74) is 0. The summed E-state index contributed by atoms with van der Waals surface area (Å²) in [7, 11) is 0. The maximum Gasteiger partial charge on any atom is -0.0383 e. The summed E-state index contributed by atoms with van der Waals surface area (Å²) in [6.45, 7) is 17.1. The Morgan fingerprint density at radius 3 is 2.05 bits per heavy atom. The Balaban J connectivity index is 2.49. The van der Waals surface area contributed by atoms with Crippen LogP contribution in [0.1, 0.15) is 80.6 Å². The second-order valence-corrected chi connectivity index (χ2v) is 8.02. The molecule has 0 amide bonds. The highest BCUT2D eigenvalue weighted by molar-refractivity contribution is 4.81. The van der Waals surface area contributed by atoms with Gasteiger partial charge in [-0.25, -0.2) is 0 Å². The maximum atomic E-state index is 2.53. The lowest BCUT2D eigenvalue weighted by molar-refractivity contribution is 0.172. The Bertz CT molecular complexity index is 242. The van der Waals surface area contributed by atoms with Crippen LogP contribution in [-0.2, 0) is 0 Å².